The molecule has 2 rings (SSSR count). The minimum atomic E-state index is -0.123. The molecule has 92 valence electrons. The van der Waals surface area contributed by atoms with Crippen LogP contribution in [0, 0.1) is 0 Å². The lowest BCUT2D eigenvalue weighted by Gasteiger charge is -2.23. The zero-order valence-corrected chi connectivity index (χ0v) is 10.2. The van der Waals surface area contributed by atoms with Gasteiger partial charge in [0.05, 0.1) is 12.7 Å². The third-order valence-corrected chi connectivity index (χ3v) is 2.82. The topological polar surface area (TPSA) is 50.4 Å². The summed E-state index contributed by atoms with van der Waals surface area (Å²) in [7, 11) is 0. The average molecular weight is 255 g/mol. The Balaban J connectivity index is 1.84. The van der Waals surface area contributed by atoms with Crippen LogP contribution in [0.5, 0.6) is 0 Å². The lowest BCUT2D eigenvalue weighted by molar-refractivity contribution is 0.0287. The summed E-state index contributed by atoms with van der Waals surface area (Å²) >= 11 is 5.82. The van der Waals surface area contributed by atoms with Gasteiger partial charge in [-0.3, -0.25) is 4.79 Å². The van der Waals surface area contributed by atoms with Crippen molar-refractivity contribution in [2.24, 2.45) is 0 Å². The highest BCUT2D eigenvalue weighted by atomic mass is 35.5. The maximum atomic E-state index is 11.8. The van der Waals surface area contributed by atoms with Gasteiger partial charge in [0, 0.05) is 30.2 Å². The molecular weight excluding hydrogens is 240 g/mol. The second kappa shape index (κ2) is 6.00. The van der Waals surface area contributed by atoms with E-state index in [1.165, 1.54) is 0 Å². The van der Waals surface area contributed by atoms with Crippen LogP contribution in [0.3, 0.4) is 0 Å². The van der Waals surface area contributed by atoms with E-state index in [9.17, 15) is 4.79 Å². The minimum Gasteiger partial charge on any atom is -0.374 e. The fourth-order valence-corrected chi connectivity index (χ4v) is 1.88. The second-order valence-corrected chi connectivity index (χ2v) is 4.35. The van der Waals surface area contributed by atoms with E-state index in [4.69, 9.17) is 16.3 Å². The van der Waals surface area contributed by atoms with E-state index in [-0.39, 0.29) is 12.0 Å². The Morgan fingerprint density at radius 2 is 2.47 bits per heavy atom. The molecule has 0 aliphatic carbocycles. The van der Waals surface area contributed by atoms with Gasteiger partial charge in [0.25, 0.3) is 5.91 Å². The number of benzene rings is 1. The van der Waals surface area contributed by atoms with Crippen molar-refractivity contribution in [1.29, 1.82) is 0 Å². The number of carbonyl (C=O) groups is 1. The van der Waals surface area contributed by atoms with Crippen molar-refractivity contribution < 1.29 is 9.53 Å². The number of ether oxygens (including phenoxy) is 1. The molecule has 0 bridgehead atoms. The molecule has 1 aliphatic heterocycles. The Hall–Kier alpha value is -1.10. The number of amides is 1. The largest absolute Gasteiger partial charge is 0.374 e. The summed E-state index contributed by atoms with van der Waals surface area (Å²) in [6.07, 6.45) is 0.0480. The van der Waals surface area contributed by atoms with Gasteiger partial charge in [-0.1, -0.05) is 17.7 Å². The monoisotopic (exact) mass is 254 g/mol. The molecule has 2 N–H and O–H groups in total. The maximum absolute atomic E-state index is 11.8. The van der Waals surface area contributed by atoms with Crippen LogP contribution in [0.25, 0.3) is 0 Å². The first-order valence-electron chi connectivity index (χ1n) is 5.62. The Morgan fingerprint density at radius 1 is 1.59 bits per heavy atom. The van der Waals surface area contributed by atoms with E-state index in [0.717, 1.165) is 13.1 Å². The van der Waals surface area contributed by atoms with E-state index < -0.39 is 0 Å². The molecule has 0 radical (unpaired) electrons. The first kappa shape index (κ1) is 12.4. The van der Waals surface area contributed by atoms with Crippen molar-refractivity contribution in [3.8, 4) is 0 Å². The molecule has 5 heteroatoms. The molecule has 1 fully saturated rings. The zero-order valence-electron chi connectivity index (χ0n) is 9.41. The lowest BCUT2D eigenvalue weighted by atomic mass is 10.2. The fourth-order valence-electron chi connectivity index (χ4n) is 1.69. The van der Waals surface area contributed by atoms with E-state index in [0.29, 0.717) is 23.7 Å². The van der Waals surface area contributed by atoms with Crippen LogP contribution < -0.4 is 10.6 Å². The van der Waals surface area contributed by atoms with Crippen LogP contribution in [-0.2, 0) is 4.74 Å². The van der Waals surface area contributed by atoms with Gasteiger partial charge in [-0.05, 0) is 18.2 Å². The van der Waals surface area contributed by atoms with Crippen molar-refractivity contribution >= 4 is 17.5 Å². The average Bonchev–Trinajstić information content (AvgIpc) is 2.37. The Labute approximate surface area is 105 Å². The number of rotatable bonds is 3. The highest BCUT2D eigenvalue weighted by molar-refractivity contribution is 6.30. The van der Waals surface area contributed by atoms with Crippen molar-refractivity contribution in [2.45, 2.75) is 6.10 Å². The summed E-state index contributed by atoms with van der Waals surface area (Å²) in [5, 5.41) is 6.61. The van der Waals surface area contributed by atoms with E-state index in [2.05, 4.69) is 10.6 Å². The number of nitrogens with one attached hydrogen (secondary N) is 2. The highest BCUT2D eigenvalue weighted by Gasteiger charge is 2.14. The quantitative estimate of drug-likeness (QED) is 0.848. The first-order chi connectivity index (χ1) is 8.25. The second-order valence-electron chi connectivity index (χ2n) is 3.92. The third-order valence-electron chi connectivity index (χ3n) is 2.58. The summed E-state index contributed by atoms with van der Waals surface area (Å²) in [6, 6.07) is 6.89. The van der Waals surface area contributed by atoms with Gasteiger partial charge in [-0.25, -0.2) is 0 Å². The smallest absolute Gasteiger partial charge is 0.251 e. The Morgan fingerprint density at radius 3 is 3.18 bits per heavy atom. The SMILES string of the molecule is O=C(NCC1CNCCO1)c1cccc(Cl)c1. The van der Waals surface area contributed by atoms with Gasteiger partial charge in [0.2, 0.25) is 0 Å². The molecule has 1 saturated heterocycles. The number of hydrogen-bond donors (Lipinski definition) is 2. The van der Waals surface area contributed by atoms with Gasteiger partial charge in [0.15, 0.2) is 0 Å². The predicted octanol–water partition coefficient (Wildman–Crippen LogP) is 1.06. The van der Waals surface area contributed by atoms with Crippen LogP contribution in [-0.4, -0.2) is 38.3 Å². The first-order valence-corrected chi connectivity index (χ1v) is 5.99. The molecule has 1 atom stereocenters. The fraction of sp³-hybridized carbons (Fsp3) is 0.417. The van der Waals surface area contributed by atoms with Crippen LogP contribution in [0.15, 0.2) is 24.3 Å². The van der Waals surface area contributed by atoms with E-state index in [1.54, 1.807) is 24.3 Å². The summed E-state index contributed by atoms with van der Waals surface area (Å²) < 4.78 is 5.48. The van der Waals surface area contributed by atoms with Crippen molar-refractivity contribution in [1.82, 2.24) is 10.6 Å². The van der Waals surface area contributed by atoms with Crippen molar-refractivity contribution in [3.63, 3.8) is 0 Å². The molecule has 17 heavy (non-hydrogen) atoms. The molecule has 0 spiro atoms. The molecule has 1 amide bonds. The zero-order chi connectivity index (χ0) is 12.1. The molecule has 1 aromatic carbocycles. The summed E-state index contributed by atoms with van der Waals surface area (Å²) in [5.41, 5.74) is 0.571. The van der Waals surface area contributed by atoms with E-state index in [1.807, 2.05) is 0 Å². The standard InChI is InChI=1S/C12H15ClN2O2/c13-10-3-1-2-9(6-10)12(16)15-8-11-7-14-4-5-17-11/h1-3,6,11,14H,4-5,7-8H2,(H,15,16). The van der Waals surface area contributed by atoms with E-state index >= 15 is 0 Å². The van der Waals surface area contributed by atoms with Gasteiger partial charge < -0.3 is 15.4 Å². The molecule has 0 saturated carbocycles. The van der Waals surface area contributed by atoms with Crippen LogP contribution in [0.1, 0.15) is 10.4 Å². The Kier molecular flexibility index (Phi) is 4.36. The van der Waals surface area contributed by atoms with Gasteiger partial charge in [-0.2, -0.15) is 0 Å². The van der Waals surface area contributed by atoms with Crippen LogP contribution >= 0.6 is 11.6 Å². The molecule has 4 nitrogen and oxygen atoms in total. The summed E-state index contributed by atoms with van der Waals surface area (Å²) in [6.45, 7) is 2.85. The van der Waals surface area contributed by atoms with Crippen molar-refractivity contribution in [3.05, 3.63) is 34.9 Å². The van der Waals surface area contributed by atoms with Crippen LogP contribution in [0.4, 0.5) is 0 Å². The molecule has 1 aromatic rings. The molecule has 1 heterocycles. The van der Waals surface area contributed by atoms with Gasteiger partial charge >= 0.3 is 0 Å². The molecular formula is C12H15ClN2O2. The normalized spacial score (nSPS) is 19.9. The third kappa shape index (κ3) is 3.70. The Bertz CT molecular complexity index is 392. The van der Waals surface area contributed by atoms with Gasteiger partial charge in [0.1, 0.15) is 0 Å². The highest BCUT2D eigenvalue weighted by Crippen LogP contribution is 2.10. The summed E-state index contributed by atoms with van der Waals surface area (Å²) in [5.74, 6) is -0.123. The number of morpholine rings is 1. The molecule has 1 unspecified atom stereocenters. The molecule has 1 aliphatic rings. The lowest BCUT2D eigenvalue weighted by Crippen LogP contribution is -2.45. The van der Waals surface area contributed by atoms with Crippen LogP contribution in [0.2, 0.25) is 5.02 Å². The minimum absolute atomic E-state index is 0.0480. The molecule has 0 aromatic heterocycles. The number of carbonyl (C=O) groups excluding carboxylic acids is 1. The summed E-state index contributed by atoms with van der Waals surface area (Å²) in [4.78, 5) is 11.8. The number of halogens is 1. The maximum Gasteiger partial charge on any atom is 0.251 e. The predicted molar refractivity (Wildman–Crippen MR) is 66.4 cm³/mol. The van der Waals surface area contributed by atoms with Gasteiger partial charge in [-0.15, -0.1) is 0 Å². The van der Waals surface area contributed by atoms with Crippen molar-refractivity contribution in [2.75, 3.05) is 26.2 Å². The number of hydrogen-bond acceptors (Lipinski definition) is 3.